The molecule has 0 bridgehead atoms. The summed E-state index contributed by atoms with van der Waals surface area (Å²) in [5.74, 6) is 0. The highest BCUT2D eigenvalue weighted by Gasteiger charge is 1.98. The van der Waals surface area contributed by atoms with Gasteiger partial charge in [-0.05, 0) is 123 Å². The lowest BCUT2D eigenvalue weighted by Gasteiger charge is -2.14. The Bertz CT molecular complexity index is 450. The average Bonchev–Trinajstić information content (AvgIpc) is 2.67. The van der Waals surface area contributed by atoms with Gasteiger partial charge in [0.2, 0.25) is 0 Å². The fourth-order valence-corrected chi connectivity index (χ4v) is 2.91. The molecule has 32 heavy (non-hydrogen) atoms. The highest BCUT2D eigenvalue weighted by atomic mass is 32.1. The first-order chi connectivity index (χ1) is 15.1. The molecular formula is C22H49N7S3. The quantitative estimate of drug-likeness (QED) is 0.127. The van der Waals surface area contributed by atoms with Crippen molar-refractivity contribution in [2.75, 3.05) is 26.2 Å². The molecule has 0 aliphatic carbocycles. The summed E-state index contributed by atoms with van der Waals surface area (Å²) in [5.41, 5.74) is 10.5. The highest BCUT2D eigenvalue weighted by molar-refractivity contribution is 7.80. The molecule has 0 spiro atoms. The molecule has 0 aliphatic heterocycles. The summed E-state index contributed by atoms with van der Waals surface area (Å²) in [5, 5.41) is 16.5. The molecule has 0 saturated carbocycles. The maximum absolute atomic E-state index is 5.23. The second-order valence-electron chi connectivity index (χ2n) is 8.12. The zero-order chi connectivity index (χ0) is 25.2. The van der Waals surface area contributed by atoms with Gasteiger partial charge in [0.05, 0.1) is 11.2 Å². The monoisotopic (exact) mass is 507 g/mol. The number of nitrogens with two attached hydrogens (primary N) is 2. The minimum absolute atomic E-state index is 0.308. The second-order valence-corrected chi connectivity index (χ2v) is 9.12. The van der Waals surface area contributed by atoms with Crippen molar-refractivity contribution in [1.29, 1.82) is 0 Å². The van der Waals surface area contributed by atoms with Crippen molar-refractivity contribution in [3.63, 3.8) is 0 Å². The molecule has 0 atom stereocenters. The van der Waals surface area contributed by atoms with E-state index in [0.29, 0.717) is 18.1 Å². The fourth-order valence-electron chi connectivity index (χ4n) is 2.03. The number of nitrogens with one attached hydrogen (secondary N) is 4. The van der Waals surface area contributed by atoms with Crippen LogP contribution in [0.3, 0.4) is 0 Å². The van der Waals surface area contributed by atoms with Crippen LogP contribution in [0, 0.1) is 0 Å². The predicted octanol–water partition coefficient (Wildman–Crippen LogP) is 3.47. The standard InChI is InChI=1S/C13H28N4S2.C5H14N2.C4H7NS/c1-10(2)16-12(18)14-8-6-5-7-9-15-13(19)17-11(3)4;6-4-2-1-3-5-7;1-4(2)5-3-6/h10-11H,5-9H2,1-4H3,(H2,14,16,18)(H2,15,17,19);1-7H2;4H,1-2H3. The van der Waals surface area contributed by atoms with Gasteiger partial charge < -0.3 is 32.7 Å². The molecule has 7 nitrogen and oxygen atoms in total. The summed E-state index contributed by atoms with van der Waals surface area (Å²) in [6.45, 7) is 15.7. The number of aliphatic imine (C=N–C) groups is 1. The summed E-state index contributed by atoms with van der Waals surface area (Å²) >= 11 is 14.6. The molecule has 0 saturated heterocycles. The van der Waals surface area contributed by atoms with E-state index < -0.39 is 0 Å². The Hall–Kier alpha value is -0.900. The molecular weight excluding hydrogens is 458 g/mol. The second kappa shape index (κ2) is 28.1. The van der Waals surface area contributed by atoms with Gasteiger partial charge in [0.25, 0.3) is 0 Å². The lowest BCUT2D eigenvalue weighted by molar-refractivity contribution is 0.634. The van der Waals surface area contributed by atoms with Gasteiger partial charge in [-0.1, -0.05) is 6.42 Å². The lowest BCUT2D eigenvalue weighted by Crippen LogP contribution is -2.40. The van der Waals surface area contributed by atoms with Crippen LogP contribution < -0.4 is 32.7 Å². The van der Waals surface area contributed by atoms with Crippen LogP contribution in [0.2, 0.25) is 0 Å². The number of thiocarbonyl (C=S) groups is 3. The smallest absolute Gasteiger partial charge is 0.166 e. The first kappa shape index (κ1) is 35.7. The average molecular weight is 508 g/mol. The van der Waals surface area contributed by atoms with Crippen LogP contribution in [0.25, 0.3) is 0 Å². The van der Waals surface area contributed by atoms with Crippen molar-refractivity contribution in [2.24, 2.45) is 16.5 Å². The Kier molecular flexibility index (Phi) is 31.4. The van der Waals surface area contributed by atoms with Crippen molar-refractivity contribution in [3.8, 4) is 0 Å². The van der Waals surface area contributed by atoms with Crippen molar-refractivity contribution in [2.45, 2.75) is 98.2 Å². The topological polar surface area (TPSA) is 113 Å². The lowest BCUT2D eigenvalue weighted by atomic mass is 10.2. The first-order valence-corrected chi connectivity index (χ1v) is 12.9. The van der Waals surface area contributed by atoms with E-state index in [-0.39, 0.29) is 0 Å². The third-order valence-corrected chi connectivity index (χ3v) is 4.11. The zero-order valence-electron chi connectivity index (χ0n) is 21.1. The van der Waals surface area contributed by atoms with Gasteiger partial charge in [-0.2, -0.15) is 0 Å². The maximum Gasteiger partial charge on any atom is 0.166 e. The Balaban J connectivity index is -0.000000527. The van der Waals surface area contributed by atoms with E-state index >= 15 is 0 Å². The Morgan fingerprint density at radius 1 is 0.719 bits per heavy atom. The van der Waals surface area contributed by atoms with Crippen molar-refractivity contribution in [3.05, 3.63) is 0 Å². The number of hydrogen-bond donors (Lipinski definition) is 6. The Morgan fingerprint density at radius 3 is 1.34 bits per heavy atom. The molecule has 0 amide bonds. The van der Waals surface area contributed by atoms with E-state index in [2.05, 4.69) is 71.3 Å². The molecule has 0 rings (SSSR count). The SMILES string of the molecule is CC(C)N=C=S.CC(C)NC(=S)NCCCCCNC(=S)NC(C)C.NCCCCCN. The summed E-state index contributed by atoms with van der Waals surface area (Å²) in [7, 11) is 0. The molecule has 0 aromatic carbocycles. The summed E-state index contributed by atoms with van der Waals surface area (Å²) < 4.78 is 0. The van der Waals surface area contributed by atoms with Gasteiger partial charge in [0.1, 0.15) is 0 Å². The Morgan fingerprint density at radius 2 is 1.09 bits per heavy atom. The molecule has 0 aromatic rings. The van der Waals surface area contributed by atoms with Gasteiger partial charge in [-0.15, -0.1) is 0 Å². The molecule has 0 aliphatic rings. The van der Waals surface area contributed by atoms with Crippen LogP contribution in [0.4, 0.5) is 0 Å². The Labute approximate surface area is 213 Å². The van der Waals surface area contributed by atoms with E-state index in [1.54, 1.807) is 0 Å². The summed E-state index contributed by atoms with van der Waals surface area (Å²) in [6.07, 6.45) is 6.83. The number of nitrogens with zero attached hydrogens (tertiary/aromatic N) is 1. The molecule has 0 radical (unpaired) electrons. The van der Waals surface area contributed by atoms with Crippen LogP contribution in [-0.2, 0) is 0 Å². The number of hydrogen-bond acceptors (Lipinski definition) is 6. The van der Waals surface area contributed by atoms with Crippen molar-refractivity contribution >= 4 is 52.0 Å². The fraction of sp³-hybridized carbons (Fsp3) is 0.864. The molecule has 0 unspecified atom stereocenters. The normalized spacial score (nSPS) is 9.72. The van der Waals surface area contributed by atoms with Gasteiger partial charge in [-0.3, -0.25) is 0 Å². The van der Waals surface area contributed by atoms with E-state index in [1.165, 1.54) is 6.42 Å². The molecule has 8 N–H and O–H groups in total. The third-order valence-electron chi connectivity index (χ3n) is 3.48. The van der Waals surface area contributed by atoms with E-state index in [1.807, 2.05) is 13.8 Å². The summed E-state index contributed by atoms with van der Waals surface area (Å²) in [6, 6.07) is 1.08. The van der Waals surface area contributed by atoms with Gasteiger partial charge in [0, 0.05) is 25.2 Å². The zero-order valence-corrected chi connectivity index (χ0v) is 23.6. The van der Waals surface area contributed by atoms with Crippen LogP contribution in [0.1, 0.15) is 80.1 Å². The van der Waals surface area contributed by atoms with Crippen LogP contribution >= 0.6 is 36.7 Å². The third kappa shape index (κ3) is 39.6. The number of unbranched alkanes of at least 4 members (excludes halogenated alkanes) is 4. The highest BCUT2D eigenvalue weighted by Crippen LogP contribution is 1.93. The number of isothiocyanates is 1. The predicted molar refractivity (Wildman–Crippen MR) is 154 cm³/mol. The van der Waals surface area contributed by atoms with Gasteiger partial charge in [0.15, 0.2) is 10.2 Å². The van der Waals surface area contributed by atoms with E-state index in [4.69, 9.17) is 35.9 Å². The molecule has 10 heteroatoms. The van der Waals surface area contributed by atoms with Crippen molar-refractivity contribution < 1.29 is 0 Å². The van der Waals surface area contributed by atoms with Crippen LogP contribution in [0.5, 0.6) is 0 Å². The molecule has 0 fully saturated rings. The van der Waals surface area contributed by atoms with E-state index in [0.717, 1.165) is 68.5 Å². The minimum atomic E-state index is 0.308. The van der Waals surface area contributed by atoms with Crippen molar-refractivity contribution in [1.82, 2.24) is 21.3 Å². The first-order valence-electron chi connectivity index (χ1n) is 11.7. The van der Waals surface area contributed by atoms with Crippen LogP contribution in [-0.4, -0.2) is 59.7 Å². The maximum atomic E-state index is 5.23. The molecule has 190 valence electrons. The molecule has 0 aromatic heterocycles. The van der Waals surface area contributed by atoms with E-state index in [9.17, 15) is 0 Å². The summed E-state index contributed by atoms with van der Waals surface area (Å²) in [4.78, 5) is 3.69. The number of rotatable bonds is 13. The van der Waals surface area contributed by atoms with Gasteiger partial charge >= 0.3 is 0 Å². The van der Waals surface area contributed by atoms with Crippen LogP contribution in [0.15, 0.2) is 4.99 Å². The minimum Gasteiger partial charge on any atom is -0.363 e. The molecule has 0 heterocycles. The largest absolute Gasteiger partial charge is 0.363 e. The van der Waals surface area contributed by atoms with Gasteiger partial charge in [-0.25, -0.2) is 4.99 Å².